The van der Waals surface area contributed by atoms with Crippen molar-refractivity contribution in [3.05, 3.63) is 64.1 Å². The molecule has 0 saturated heterocycles. The summed E-state index contributed by atoms with van der Waals surface area (Å²) >= 11 is 1.92. The van der Waals surface area contributed by atoms with Crippen molar-refractivity contribution < 1.29 is 9.35 Å². The number of hydrogen-bond donors (Lipinski definition) is 2. The lowest BCUT2D eigenvalue weighted by Crippen LogP contribution is -2.27. The third kappa shape index (κ3) is 5.46. The van der Waals surface area contributed by atoms with Crippen molar-refractivity contribution in [1.82, 2.24) is 5.32 Å². The quantitative estimate of drug-likeness (QED) is 0.754. The molecule has 1 amide bonds. The van der Waals surface area contributed by atoms with Crippen LogP contribution in [0.5, 0.6) is 0 Å². The smallest absolute Gasteiger partial charge is 0.224 e. The molecule has 22 heavy (non-hydrogen) atoms. The molecule has 1 unspecified atom stereocenters. The lowest BCUT2D eigenvalue weighted by molar-refractivity contribution is -0.120. The molecule has 0 saturated carbocycles. The van der Waals surface area contributed by atoms with Crippen molar-refractivity contribution >= 4 is 33.2 Å². The van der Waals surface area contributed by atoms with Gasteiger partial charge < -0.3 is 9.87 Å². The number of carbonyl (C=O) groups excluding carboxylic acids is 1. The van der Waals surface area contributed by atoms with E-state index in [1.54, 1.807) is 12.1 Å². The Hall–Kier alpha value is -1.34. The highest BCUT2D eigenvalue weighted by Crippen LogP contribution is 2.11. The van der Waals surface area contributed by atoms with Crippen molar-refractivity contribution in [3.63, 3.8) is 0 Å². The second kappa shape index (κ2) is 8.33. The molecule has 4 nitrogen and oxygen atoms in total. The first-order chi connectivity index (χ1) is 10.5. The van der Waals surface area contributed by atoms with E-state index < -0.39 is 11.4 Å². The van der Waals surface area contributed by atoms with Crippen LogP contribution in [0.1, 0.15) is 11.1 Å². The molecule has 0 aliphatic heterocycles. The molecule has 0 aromatic heterocycles. The van der Waals surface area contributed by atoms with E-state index in [1.807, 2.05) is 36.4 Å². The summed E-state index contributed by atoms with van der Waals surface area (Å²) in [5.41, 5.74) is 2.05. The highest BCUT2D eigenvalue weighted by Gasteiger charge is 2.05. The van der Waals surface area contributed by atoms with Gasteiger partial charge in [0.1, 0.15) is 0 Å². The predicted octanol–water partition coefficient (Wildman–Crippen LogP) is 2.33. The van der Waals surface area contributed by atoms with Gasteiger partial charge in [0.2, 0.25) is 5.91 Å². The van der Waals surface area contributed by atoms with Crippen molar-refractivity contribution in [2.45, 2.75) is 17.7 Å². The second-order valence-electron chi connectivity index (χ2n) is 4.84. The summed E-state index contributed by atoms with van der Waals surface area (Å²) < 4.78 is 12.1. The van der Waals surface area contributed by atoms with Gasteiger partial charge in [-0.1, -0.05) is 40.2 Å². The van der Waals surface area contributed by atoms with Crippen LogP contribution in [-0.4, -0.2) is 17.0 Å². The molecule has 0 aliphatic rings. The number of hydrogen-bond acceptors (Lipinski definition) is 3. The van der Waals surface area contributed by atoms with E-state index in [0.717, 1.165) is 22.0 Å². The molecule has 3 N–H and O–H groups in total. The fourth-order valence-corrected chi connectivity index (χ4v) is 2.66. The number of rotatable bonds is 6. The Morgan fingerprint density at radius 1 is 1.09 bits per heavy atom. The number of benzene rings is 2. The zero-order valence-electron chi connectivity index (χ0n) is 11.9. The van der Waals surface area contributed by atoms with Crippen LogP contribution in [0.25, 0.3) is 0 Å². The summed E-state index contributed by atoms with van der Waals surface area (Å²) in [6.45, 7) is 0.570. The van der Waals surface area contributed by atoms with Gasteiger partial charge in [-0.2, -0.15) is 0 Å². The fourth-order valence-electron chi connectivity index (χ4n) is 1.99. The van der Waals surface area contributed by atoms with E-state index in [-0.39, 0.29) is 5.91 Å². The fraction of sp³-hybridized carbons (Fsp3) is 0.188. The van der Waals surface area contributed by atoms with E-state index in [4.69, 9.17) is 5.14 Å². The number of nitrogens with one attached hydrogen (secondary N) is 1. The van der Waals surface area contributed by atoms with Crippen LogP contribution in [0, 0.1) is 0 Å². The summed E-state index contributed by atoms with van der Waals surface area (Å²) in [7, 11) is 0. The summed E-state index contributed by atoms with van der Waals surface area (Å²) in [5, 5.41) is 8.19. The highest BCUT2D eigenvalue weighted by atomic mass is 79.9. The van der Waals surface area contributed by atoms with Crippen molar-refractivity contribution in [2.24, 2.45) is 5.14 Å². The van der Waals surface area contributed by atoms with Crippen LogP contribution in [0.2, 0.25) is 0 Å². The Labute approximate surface area is 141 Å². The van der Waals surface area contributed by atoms with Crippen LogP contribution >= 0.6 is 15.9 Å². The lowest BCUT2D eigenvalue weighted by atomic mass is 10.1. The second-order valence-corrected chi connectivity index (χ2v) is 6.83. The third-order valence-corrected chi connectivity index (χ3v) is 4.43. The molecule has 116 valence electrons. The Morgan fingerprint density at radius 3 is 2.27 bits per heavy atom. The van der Waals surface area contributed by atoms with Crippen LogP contribution in [-0.2, 0) is 29.0 Å². The maximum atomic E-state index is 11.9. The molecule has 2 aromatic carbocycles. The van der Waals surface area contributed by atoms with Gasteiger partial charge in [-0.05, 0) is 41.8 Å². The minimum atomic E-state index is -1.45. The summed E-state index contributed by atoms with van der Waals surface area (Å²) in [6, 6.07) is 14.9. The van der Waals surface area contributed by atoms with Crippen molar-refractivity contribution in [2.75, 3.05) is 6.54 Å². The van der Waals surface area contributed by atoms with Gasteiger partial charge in [-0.25, -0.2) is 0 Å². The molecule has 0 heterocycles. The zero-order valence-corrected chi connectivity index (χ0v) is 14.3. The Balaban J connectivity index is 1.75. The van der Waals surface area contributed by atoms with E-state index in [0.29, 0.717) is 17.9 Å². The van der Waals surface area contributed by atoms with E-state index in [2.05, 4.69) is 21.2 Å². The Morgan fingerprint density at radius 2 is 1.68 bits per heavy atom. The van der Waals surface area contributed by atoms with E-state index in [9.17, 15) is 9.35 Å². The largest absolute Gasteiger partial charge is 0.593 e. The van der Waals surface area contributed by atoms with Crippen LogP contribution < -0.4 is 10.5 Å². The molecular formula is C16H17BrN2O2S. The SMILES string of the molecule is N[S+]([O-])c1ccc(CCNC(=O)Cc2ccc(Br)cc2)cc1. The maximum absolute atomic E-state index is 11.9. The molecule has 0 aliphatic carbocycles. The number of nitrogens with two attached hydrogens (primary N) is 1. The molecule has 2 rings (SSSR count). The molecule has 0 bridgehead atoms. The molecule has 0 radical (unpaired) electrons. The van der Waals surface area contributed by atoms with Gasteiger partial charge in [0.25, 0.3) is 0 Å². The van der Waals surface area contributed by atoms with Gasteiger partial charge in [0.05, 0.1) is 17.8 Å². The third-order valence-electron chi connectivity index (χ3n) is 3.17. The molecule has 0 spiro atoms. The number of halogens is 1. The average Bonchev–Trinajstić information content (AvgIpc) is 2.50. The molecular weight excluding hydrogens is 364 g/mol. The van der Waals surface area contributed by atoms with Crippen LogP contribution in [0.3, 0.4) is 0 Å². The molecule has 0 fully saturated rings. The van der Waals surface area contributed by atoms with Gasteiger partial charge in [-0.3, -0.25) is 4.79 Å². The molecule has 6 heteroatoms. The summed E-state index contributed by atoms with van der Waals surface area (Å²) in [6.07, 6.45) is 1.10. The first kappa shape index (κ1) is 17.0. The van der Waals surface area contributed by atoms with Crippen molar-refractivity contribution in [1.29, 1.82) is 0 Å². The van der Waals surface area contributed by atoms with Crippen LogP contribution in [0.4, 0.5) is 0 Å². The van der Waals surface area contributed by atoms with E-state index >= 15 is 0 Å². The summed E-state index contributed by atoms with van der Waals surface area (Å²) in [4.78, 5) is 12.5. The maximum Gasteiger partial charge on any atom is 0.224 e. The predicted molar refractivity (Wildman–Crippen MR) is 91.6 cm³/mol. The van der Waals surface area contributed by atoms with Gasteiger partial charge in [-0.15, -0.1) is 5.14 Å². The van der Waals surface area contributed by atoms with Gasteiger partial charge >= 0.3 is 0 Å². The normalized spacial score (nSPS) is 12.0. The zero-order chi connectivity index (χ0) is 15.9. The van der Waals surface area contributed by atoms with Gasteiger partial charge in [0.15, 0.2) is 4.90 Å². The molecule has 1 atom stereocenters. The summed E-state index contributed by atoms with van der Waals surface area (Å²) in [5.74, 6) is 0.00186. The lowest BCUT2D eigenvalue weighted by Gasteiger charge is -2.07. The van der Waals surface area contributed by atoms with Gasteiger partial charge in [0, 0.05) is 11.0 Å². The topological polar surface area (TPSA) is 78.2 Å². The van der Waals surface area contributed by atoms with Crippen molar-refractivity contribution in [3.8, 4) is 0 Å². The Bertz CT molecular complexity index is 615. The monoisotopic (exact) mass is 380 g/mol. The first-order valence-corrected chi connectivity index (χ1v) is 8.81. The number of carbonyl (C=O) groups is 1. The standard InChI is InChI=1S/C16H17BrN2O2S/c17-14-5-1-13(2-6-14)11-16(20)19-10-9-12-3-7-15(8-4-12)22(18)21/h1-8H,9-11,18H2,(H,19,20). The van der Waals surface area contributed by atoms with Crippen LogP contribution in [0.15, 0.2) is 57.9 Å². The number of amides is 1. The average molecular weight is 381 g/mol. The van der Waals surface area contributed by atoms with E-state index in [1.165, 1.54) is 0 Å². The first-order valence-electron chi connectivity index (χ1n) is 6.81. The minimum absolute atomic E-state index is 0.00186. The Kier molecular flexibility index (Phi) is 6.45. The molecule has 2 aromatic rings. The minimum Gasteiger partial charge on any atom is -0.593 e. The highest BCUT2D eigenvalue weighted by molar-refractivity contribution is 9.10.